The number of ether oxygens (including phenoxy) is 1. The zero-order valence-electron chi connectivity index (χ0n) is 10.8. The predicted octanol–water partition coefficient (Wildman–Crippen LogP) is 4.13. The number of carbonyl (C=O) groups excluding carboxylic acids is 1. The average molecular weight is 294 g/mol. The molecule has 0 aliphatic rings. The van der Waals surface area contributed by atoms with E-state index in [4.69, 9.17) is 16.3 Å². The highest BCUT2D eigenvalue weighted by atomic mass is 35.5. The number of amides is 1. The minimum atomic E-state index is -0.499. The number of halogens is 2. The molecule has 0 saturated carbocycles. The van der Waals surface area contributed by atoms with Crippen LogP contribution in [0.15, 0.2) is 42.5 Å². The molecule has 0 saturated heterocycles. The van der Waals surface area contributed by atoms with Gasteiger partial charge in [-0.25, -0.2) is 4.39 Å². The summed E-state index contributed by atoms with van der Waals surface area (Å²) in [6, 6.07) is 10.7. The van der Waals surface area contributed by atoms with Gasteiger partial charge in [-0.2, -0.15) is 0 Å². The van der Waals surface area contributed by atoms with Gasteiger partial charge in [0.1, 0.15) is 11.6 Å². The van der Waals surface area contributed by atoms with Crippen molar-refractivity contribution in [3.63, 3.8) is 0 Å². The number of benzene rings is 2. The van der Waals surface area contributed by atoms with Crippen molar-refractivity contribution < 1.29 is 13.9 Å². The third-order valence-corrected chi connectivity index (χ3v) is 2.84. The van der Waals surface area contributed by atoms with E-state index in [0.717, 1.165) is 0 Å². The van der Waals surface area contributed by atoms with E-state index >= 15 is 0 Å². The van der Waals surface area contributed by atoms with Crippen LogP contribution in [0, 0.1) is 5.82 Å². The predicted molar refractivity (Wildman–Crippen MR) is 77.0 cm³/mol. The van der Waals surface area contributed by atoms with Gasteiger partial charge in [-0.05, 0) is 37.3 Å². The zero-order chi connectivity index (χ0) is 14.5. The van der Waals surface area contributed by atoms with Gasteiger partial charge in [0, 0.05) is 5.02 Å². The molecule has 104 valence electrons. The van der Waals surface area contributed by atoms with Crippen LogP contribution in [0.2, 0.25) is 5.02 Å². The fraction of sp³-hybridized carbons (Fsp3) is 0.133. The van der Waals surface area contributed by atoms with Crippen molar-refractivity contribution in [2.45, 2.75) is 6.92 Å². The van der Waals surface area contributed by atoms with E-state index in [-0.39, 0.29) is 11.3 Å². The number of para-hydroxylation sites is 1. The Labute approximate surface area is 121 Å². The van der Waals surface area contributed by atoms with Crippen LogP contribution in [0.4, 0.5) is 10.1 Å². The van der Waals surface area contributed by atoms with Gasteiger partial charge in [-0.1, -0.05) is 23.7 Å². The van der Waals surface area contributed by atoms with E-state index in [1.807, 2.05) is 6.92 Å². The molecular formula is C15H13ClFNO2. The molecular weight excluding hydrogens is 281 g/mol. The van der Waals surface area contributed by atoms with Crippen molar-refractivity contribution in [1.82, 2.24) is 0 Å². The second-order valence-corrected chi connectivity index (χ2v) is 4.44. The number of hydrogen-bond acceptors (Lipinski definition) is 2. The largest absolute Gasteiger partial charge is 0.493 e. The summed E-state index contributed by atoms with van der Waals surface area (Å²) in [6.07, 6.45) is 0. The minimum absolute atomic E-state index is 0.111. The van der Waals surface area contributed by atoms with Crippen LogP contribution in [0.5, 0.6) is 5.75 Å². The van der Waals surface area contributed by atoms with Gasteiger partial charge in [0.25, 0.3) is 5.91 Å². The fourth-order valence-electron chi connectivity index (χ4n) is 1.71. The van der Waals surface area contributed by atoms with Crippen LogP contribution in [0.25, 0.3) is 0 Å². The molecule has 0 fully saturated rings. The first kappa shape index (κ1) is 14.3. The van der Waals surface area contributed by atoms with E-state index in [1.54, 1.807) is 24.3 Å². The van der Waals surface area contributed by atoms with Gasteiger partial charge >= 0.3 is 0 Å². The number of rotatable bonds is 4. The molecule has 0 heterocycles. The average Bonchev–Trinajstić information content (AvgIpc) is 2.43. The van der Waals surface area contributed by atoms with Crippen molar-refractivity contribution in [2.75, 3.05) is 11.9 Å². The van der Waals surface area contributed by atoms with Crippen molar-refractivity contribution in [1.29, 1.82) is 0 Å². The maximum atomic E-state index is 13.5. The van der Waals surface area contributed by atoms with Crippen molar-refractivity contribution in [3.8, 4) is 5.75 Å². The van der Waals surface area contributed by atoms with Crippen LogP contribution in [0.3, 0.4) is 0 Å². The highest BCUT2D eigenvalue weighted by Crippen LogP contribution is 2.24. The van der Waals surface area contributed by atoms with E-state index in [9.17, 15) is 9.18 Å². The lowest BCUT2D eigenvalue weighted by Gasteiger charge is -2.11. The molecule has 2 aromatic rings. The Morgan fingerprint density at radius 3 is 2.75 bits per heavy atom. The highest BCUT2D eigenvalue weighted by Gasteiger charge is 2.14. The summed E-state index contributed by atoms with van der Waals surface area (Å²) >= 11 is 5.89. The first-order valence-corrected chi connectivity index (χ1v) is 6.48. The summed E-state index contributed by atoms with van der Waals surface area (Å²) in [4.78, 5) is 12.2. The Hall–Kier alpha value is -2.07. The summed E-state index contributed by atoms with van der Waals surface area (Å²) in [5.41, 5.74) is 0.377. The monoisotopic (exact) mass is 293 g/mol. The van der Waals surface area contributed by atoms with Crippen LogP contribution in [0.1, 0.15) is 17.3 Å². The topological polar surface area (TPSA) is 38.3 Å². The molecule has 1 N–H and O–H groups in total. The Morgan fingerprint density at radius 1 is 1.30 bits per heavy atom. The molecule has 0 aliphatic carbocycles. The molecule has 0 unspecified atom stereocenters. The van der Waals surface area contributed by atoms with E-state index in [1.165, 1.54) is 18.2 Å². The Kier molecular flexibility index (Phi) is 4.58. The molecule has 2 rings (SSSR count). The van der Waals surface area contributed by atoms with E-state index in [0.29, 0.717) is 17.4 Å². The minimum Gasteiger partial charge on any atom is -0.493 e. The summed E-state index contributed by atoms with van der Waals surface area (Å²) < 4.78 is 18.9. The molecule has 0 radical (unpaired) electrons. The van der Waals surface area contributed by atoms with Gasteiger partial charge < -0.3 is 10.1 Å². The Balaban J connectivity index is 2.29. The first-order valence-electron chi connectivity index (χ1n) is 6.10. The van der Waals surface area contributed by atoms with E-state index in [2.05, 4.69) is 5.32 Å². The standard InChI is InChI=1S/C15H13ClFNO2/c1-2-20-14-8-7-10(16)9-11(14)15(19)18-13-6-4-3-5-12(13)17/h3-9H,2H2,1H3,(H,18,19). The maximum absolute atomic E-state index is 13.5. The van der Waals surface area contributed by atoms with Gasteiger partial charge in [0.05, 0.1) is 17.9 Å². The quantitative estimate of drug-likeness (QED) is 0.920. The molecule has 20 heavy (non-hydrogen) atoms. The molecule has 5 heteroatoms. The highest BCUT2D eigenvalue weighted by molar-refractivity contribution is 6.31. The van der Waals surface area contributed by atoms with E-state index < -0.39 is 11.7 Å². The molecule has 2 aromatic carbocycles. The van der Waals surface area contributed by atoms with Gasteiger partial charge in [0.2, 0.25) is 0 Å². The molecule has 0 atom stereocenters. The van der Waals surface area contributed by atoms with Crippen LogP contribution < -0.4 is 10.1 Å². The smallest absolute Gasteiger partial charge is 0.259 e. The van der Waals surface area contributed by atoms with Gasteiger partial charge in [-0.15, -0.1) is 0 Å². The Bertz CT molecular complexity index is 631. The molecule has 0 spiro atoms. The van der Waals surface area contributed by atoms with Crippen molar-refractivity contribution in [3.05, 3.63) is 58.9 Å². The summed E-state index contributed by atoms with van der Waals surface area (Å²) in [5.74, 6) is -0.562. The fourth-order valence-corrected chi connectivity index (χ4v) is 1.89. The van der Waals surface area contributed by atoms with Gasteiger partial charge in [-0.3, -0.25) is 4.79 Å². The molecule has 0 aliphatic heterocycles. The molecule has 1 amide bonds. The second kappa shape index (κ2) is 6.39. The SMILES string of the molecule is CCOc1ccc(Cl)cc1C(=O)Nc1ccccc1F. The third-order valence-electron chi connectivity index (χ3n) is 2.61. The number of anilines is 1. The maximum Gasteiger partial charge on any atom is 0.259 e. The normalized spacial score (nSPS) is 10.2. The molecule has 3 nitrogen and oxygen atoms in total. The number of nitrogens with one attached hydrogen (secondary N) is 1. The van der Waals surface area contributed by atoms with Crippen LogP contribution >= 0.6 is 11.6 Å². The number of carbonyl (C=O) groups is 1. The lowest BCUT2D eigenvalue weighted by Crippen LogP contribution is -2.14. The first-order chi connectivity index (χ1) is 9.61. The van der Waals surface area contributed by atoms with Crippen LogP contribution in [-0.2, 0) is 0 Å². The summed E-state index contributed by atoms with van der Waals surface area (Å²) in [7, 11) is 0. The van der Waals surface area contributed by atoms with Crippen LogP contribution in [-0.4, -0.2) is 12.5 Å². The number of hydrogen-bond donors (Lipinski definition) is 1. The molecule has 0 aromatic heterocycles. The van der Waals surface area contributed by atoms with Crippen molar-refractivity contribution in [2.24, 2.45) is 0 Å². The third kappa shape index (κ3) is 3.27. The van der Waals surface area contributed by atoms with Gasteiger partial charge in [0.15, 0.2) is 0 Å². The summed E-state index contributed by atoms with van der Waals surface area (Å²) in [6.45, 7) is 2.23. The molecule has 0 bridgehead atoms. The Morgan fingerprint density at radius 2 is 2.05 bits per heavy atom. The zero-order valence-corrected chi connectivity index (χ0v) is 11.6. The lowest BCUT2D eigenvalue weighted by atomic mass is 10.1. The lowest BCUT2D eigenvalue weighted by molar-refractivity contribution is 0.102. The second-order valence-electron chi connectivity index (χ2n) is 4.01. The summed E-state index contributed by atoms with van der Waals surface area (Å²) in [5, 5.41) is 2.91. The van der Waals surface area contributed by atoms with Crippen molar-refractivity contribution >= 4 is 23.2 Å².